The Kier molecular flexibility index (Phi) is 5.46. The normalized spacial score (nSPS) is 18.0. The van der Waals surface area contributed by atoms with Gasteiger partial charge in [0.2, 0.25) is 0 Å². The second kappa shape index (κ2) is 7.41. The van der Waals surface area contributed by atoms with E-state index >= 15 is 0 Å². The summed E-state index contributed by atoms with van der Waals surface area (Å²) >= 11 is 9.48. The smallest absolute Gasteiger partial charge is 0.187 e. The first-order valence-electron chi connectivity index (χ1n) is 7.76. The predicted octanol–water partition coefficient (Wildman–Crippen LogP) is 2.26. The molecule has 1 aromatic carbocycles. The maximum atomic E-state index is 10.4. The Morgan fingerprint density at radius 2 is 2.04 bits per heavy atom. The summed E-state index contributed by atoms with van der Waals surface area (Å²) in [7, 11) is 1.82. The average Bonchev–Trinajstić information content (AvgIpc) is 2.88. The Morgan fingerprint density at radius 1 is 1.33 bits per heavy atom. The number of hydrogen-bond donors (Lipinski definition) is 2. The molecule has 0 aliphatic carbocycles. The molecule has 0 fully saturated rings. The second-order valence-electron chi connectivity index (χ2n) is 5.87. The SMILES string of the molecule is CN1c2nc(Br)n(Cc3ccc(Cl)cc3)c2CN(CCCO)C1O. The van der Waals surface area contributed by atoms with Gasteiger partial charge in [-0.25, -0.2) is 4.98 Å². The van der Waals surface area contributed by atoms with E-state index in [-0.39, 0.29) is 6.61 Å². The molecule has 0 amide bonds. The Balaban J connectivity index is 1.90. The van der Waals surface area contributed by atoms with Crippen molar-refractivity contribution in [3.8, 4) is 0 Å². The van der Waals surface area contributed by atoms with Crippen LogP contribution in [-0.2, 0) is 13.1 Å². The molecule has 0 radical (unpaired) electrons. The zero-order valence-electron chi connectivity index (χ0n) is 13.4. The first-order chi connectivity index (χ1) is 11.5. The van der Waals surface area contributed by atoms with Crippen molar-refractivity contribution < 1.29 is 10.2 Å². The van der Waals surface area contributed by atoms with Crippen molar-refractivity contribution in [1.29, 1.82) is 0 Å². The number of fused-ring (bicyclic) bond motifs is 1. The van der Waals surface area contributed by atoms with Crippen LogP contribution in [0.2, 0.25) is 5.02 Å². The van der Waals surface area contributed by atoms with Crippen LogP contribution in [0.5, 0.6) is 0 Å². The average molecular weight is 416 g/mol. The van der Waals surface area contributed by atoms with Crippen molar-refractivity contribution in [3.63, 3.8) is 0 Å². The van der Waals surface area contributed by atoms with Gasteiger partial charge < -0.3 is 19.7 Å². The molecule has 0 saturated heterocycles. The molecule has 8 heteroatoms. The summed E-state index contributed by atoms with van der Waals surface area (Å²) in [4.78, 5) is 8.23. The zero-order valence-corrected chi connectivity index (χ0v) is 15.7. The van der Waals surface area contributed by atoms with Crippen LogP contribution in [0.4, 0.5) is 5.82 Å². The van der Waals surface area contributed by atoms with Gasteiger partial charge in [0, 0.05) is 38.3 Å². The fourth-order valence-corrected chi connectivity index (χ4v) is 3.55. The van der Waals surface area contributed by atoms with Crippen LogP contribution >= 0.6 is 27.5 Å². The highest BCUT2D eigenvalue weighted by Gasteiger charge is 2.33. The fourth-order valence-electron chi connectivity index (χ4n) is 2.91. The van der Waals surface area contributed by atoms with Crippen LogP contribution in [0.1, 0.15) is 17.7 Å². The van der Waals surface area contributed by atoms with Gasteiger partial charge in [0.05, 0.1) is 5.69 Å². The minimum atomic E-state index is -0.741. The maximum absolute atomic E-state index is 10.4. The molecule has 24 heavy (non-hydrogen) atoms. The summed E-state index contributed by atoms with van der Waals surface area (Å²) in [6, 6.07) is 7.73. The van der Waals surface area contributed by atoms with Crippen LogP contribution in [0.15, 0.2) is 29.0 Å². The van der Waals surface area contributed by atoms with E-state index in [9.17, 15) is 5.11 Å². The number of hydrogen-bond acceptors (Lipinski definition) is 5. The highest BCUT2D eigenvalue weighted by atomic mass is 79.9. The van der Waals surface area contributed by atoms with E-state index in [2.05, 4.69) is 25.5 Å². The number of nitrogens with zero attached hydrogens (tertiary/aromatic N) is 4. The van der Waals surface area contributed by atoms with Crippen LogP contribution in [-0.4, -0.2) is 51.2 Å². The van der Waals surface area contributed by atoms with Crippen molar-refractivity contribution in [2.24, 2.45) is 0 Å². The molecule has 1 atom stereocenters. The molecule has 0 bridgehead atoms. The van der Waals surface area contributed by atoms with Gasteiger partial charge in [0.1, 0.15) is 0 Å². The number of benzene rings is 1. The van der Waals surface area contributed by atoms with Gasteiger partial charge in [0.15, 0.2) is 16.9 Å². The van der Waals surface area contributed by atoms with E-state index in [0.29, 0.717) is 31.1 Å². The van der Waals surface area contributed by atoms with E-state index in [4.69, 9.17) is 16.7 Å². The number of rotatable bonds is 5. The fraction of sp³-hybridized carbons (Fsp3) is 0.438. The summed E-state index contributed by atoms with van der Waals surface area (Å²) in [5, 5.41) is 20.2. The van der Waals surface area contributed by atoms with Gasteiger partial charge >= 0.3 is 0 Å². The van der Waals surface area contributed by atoms with Gasteiger partial charge in [-0.15, -0.1) is 0 Å². The number of imidazole rings is 1. The standard InChI is InChI=1S/C16H20BrClN4O2/c1-20-14-13(10-21(16(20)24)7-2-8-23)22(15(17)19-14)9-11-3-5-12(18)6-4-11/h3-6,16,23-24H,2,7-10H2,1H3. The van der Waals surface area contributed by atoms with Gasteiger partial charge in [-0.2, -0.15) is 0 Å². The Morgan fingerprint density at radius 3 is 2.71 bits per heavy atom. The summed E-state index contributed by atoms with van der Waals surface area (Å²) < 4.78 is 2.82. The largest absolute Gasteiger partial charge is 0.396 e. The molecule has 2 N–H and O–H groups in total. The highest BCUT2D eigenvalue weighted by molar-refractivity contribution is 9.10. The van der Waals surface area contributed by atoms with E-state index < -0.39 is 6.35 Å². The predicted molar refractivity (Wildman–Crippen MR) is 97.0 cm³/mol. The molecule has 0 spiro atoms. The minimum absolute atomic E-state index is 0.105. The highest BCUT2D eigenvalue weighted by Crippen LogP contribution is 2.32. The lowest BCUT2D eigenvalue weighted by atomic mass is 10.2. The lowest BCUT2D eigenvalue weighted by Gasteiger charge is -2.39. The van der Waals surface area contributed by atoms with Crippen molar-refractivity contribution >= 4 is 33.3 Å². The molecule has 1 aliphatic heterocycles. The number of halogens is 2. The number of aromatic nitrogens is 2. The maximum Gasteiger partial charge on any atom is 0.187 e. The molecule has 1 unspecified atom stereocenters. The zero-order chi connectivity index (χ0) is 17.3. The molecule has 6 nitrogen and oxygen atoms in total. The minimum Gasteiger partial charge on any atom is -0.396 e. The molecular formula is C16H20BrClN4O2. The van der Waals surface area contributed by atoms with Crippen LogP contribution in [0, 0.1) is 0 Å². The molecular weight excluding hydrogens is 396 g/mol. The monoisotopic (exact) mass is 414 g/mol. The quantitative estimate of drug-likeness (QED) is 0.784. The lowest BCUT2D eigenvalue weighted by Crippen LogP contribution is -2.51. The summed E-state index contributed by atoms with van der Waals surface area (Å²) in [5.74, 6) is 0.767. The van der Waals surface area contributed by atoms with Crippen molar-refractivity contribution in [3.05, 3.63) is 45.3 Å². The molecule has 3 rings (SSSR count). The summed E-state index contributed by atoms with van der Waals surface area (Å²) in [5.41, 5.74) is 2.15. The topological polar surface area (TPSA) is 64.8 Å². The Bertz CT molecular complexity index is 707. The Labute approximate surface area is 154 Å². The third kappa shape index (κ3) is 3.45. The molecule has 130 valence electrons. The molecule has 2 heterocycles. The van der Waals surface area contributed by atoms with Crippen LogP contribution in [0.3, 0.4) is 0 Å². The lowest BCUT2D eigenvalue weighted by molar-refractivity contribution is -0.0126. The second-order valence-corrected chi connectivity index (χ2v) is 7.01. The third-order valence-electron chi connectivity index (χ3n) is 4.22. The molecule has 2 aromatic rings. The van der Waals surface area contributed by atoms with E-state index in [1.165, 1.54) is 0 Å². The molecule has 1 aliphatic rings. The number of aliphatic hydroxyl groups is 2. The van der Waals surface area contributed by atoms with Crippen molar-refractivity contribution in [2.75, 3.05) is 25.1 Å². The first kappa shape index (κ1) is 17.7. The first-order valence-corrected chi connectivity index (χ1v) is 8.93. The van der Waals surface area contributed by atoms with Crippen LogP contribution in [0.25, 0.3) is 0 Å². The number of anilines is 1. The van der Waals surface area contributed by atoms with E-state index in [1.807, 2.05) is 36.2 Å². The van der Waals surface area contributed by atoms with Gasteiger partial charge in [0.25, 0.3) is 0 Å². The van der Waals surface area contributed by atoms with Crippen molar-refractivity contribution in [1.82, 2.24) is 14.5 Å². The Hall–Kier alpha value is -1.12. The summed E-state index contributed by atoms with van der Waals surface area (Å²) in [6.45, 7) is 1.96. The van der Waals surface area contributed by atoms with Gasteiger partial charge in [-0.05, 0) is 40.0 Å². The number of aliphatic hydroxyl groups excluding tert-OH is 2. The molecule has 0 saturated carbocycles. The van der Waals surface area contributed by atoms with E-state index in [0.717, 1.165) is 21.8 Å². The van der Waals surface area contributed by atoms with Crippen molar-refractivity contribution in [2.45, 2.75) is 25.9 Å². The summed E-state index contributed by atoms with van der Waals surface area (Å²) in [6.07, 6.45) is -0.123. The van der Waals surface area contributed by atoms with Gasteiger partial charge in [-0.3, -0.25) is 4.90 Å². The van der Waals surface area contributed by atoms with Gasteiger partial charge in [-0.1, -0.05) is 23.7 Å². The molecule has 1 aromatic heterocycles. The van der Waals surface area contributed by atoms with E-state index in [1.54, 1.807) is 4.90 Å². The van der Waals surface area contributed by atoms with Crippen LogP contribution < -0.4 is 4.90 Å². The third-order valence-corrected chi connectivity index (χ3v) is 5.08.